The summed E-state index contributed by atoms with van der Waals surface area (Å²) in [5, 5.41) is 20.2. The van der Waals surface area contributed by atoms with Crippen molar-refractivity contribution in [2.24, 2.45) is 0 Å². The molecule has 0 radical (unpaired) electrons. The molecule has 1 fully saturated rings. The zero-order valence-corrected chi connectivity index (χ0v) is 10.8. The van der Waals surface area contributed by atoms with E-state index < -0.39 is 11.0 Å². The first kappa shape index (κ1) is 13.7. The fourth-order valence-electron chi connectivity index (χ4n) is 2.02. The van der Waals surface area contributed by atoms with Crippen molar-refractivity contribution in [2.45, 2.75) is 12.6 Å². The van der Waals surface area contributed by atoms with E-state index in [0.29, 0.717) is 36.8 Å². The topological polar surface area (TPSA) is 79.4 Å². The number of halogens is 1. The lowest BCUT2D eigenvalue weighted by molar-refractivity contribution is -0.385. The molecule has 0 spiro atoms. The van der Waals surface area contributed by atoms with Crippen molar-refractivity contribution < 1.29 is 9.66 Å². The first-order valence-corrected chi connectivity index (χ1v) is 6.15. The maximum Gasteiger partial charge on any atom is 0.275 e. The Bertz CT molecular complexity index is 529. The second-order valence-corrected chi connectivity index (χ2v) is 4.63. The Morgan fingerprint density at radius 3 is 3.11 bits per heavy atom. The summed E-state index contributed by atoms with van der Waals surface area (Å²) in [5.41, 5.74) is 0.486. The van der Waals surface area contributed by atoms with Crippen LogP contribution in [-0.2, 0) is 11.3 Å². The first-order chi connectivity index (χ1) is 9.11. The molecule has 1 saturated heterocycles. The van der Waals surface area contributed by atoms with Crippen molar-refractivity contribution in [3.63, 3.8) is 0 Å². The van der Waals surface area contributed by atoms with Gasteiger partial charge in [0.25, 0.3) is 5.69 Å². The van der Waals surface area contributed by atoms with Crippen LogP contribution in [0.3, 0.4) is 0 Å². The Morgan fingerprint density at radius 2 is 2.42 bits per heavy atom. The average molecular weight is 282 g/mol. The predicted octanol–water partition coefficient (Wildman–Crippen LogP) is 1.97. The van der Waals surface area contributed by atoms with Crippen molar-refractivity contribution in [2.75, 3.05) is 19.7 Å². The van der Waals surface area contributed by atoms with E-state index in [1.54, 1.807) is 12.1 Å². The largest absolute Gasteiger partial charge is 0.361 e. The van der Waals surface area contributed by atoms with Crippen molar-refractivity contribution in [3.8, 4) is 6.07 Å². The van der Waals surface area contributed by atoms with Gasteiger partial charge in [-0.1, -0.05) is 17.7 Å². The van der Waals surface area contributed by atoms with E-state index in [9.17, 15) is 10.1 Å². The van der Waals surface area contributed by atoms with Gasteiger partial charge in [-0.25, -0.2) is 0 Å². The van der Waals surface area contributed by atoms with Crippen LogP contribution >= 0.6 is 11.6 Å². The average Bonchev–Trinajstić information content (AvgIpc) is 2.41. The molecule has 7 heteroatoms. The molecule has 0 aliphatic carbocycles. The van der Waals surface area contributed by atoms with Gasteiger partial charge in [0, 0.05) is 25.7 Å². The van der Waals surface area contributed by atoms with E-state index in [1.165, 1.54) is 6.07 Å². The van der Waals surface area contributed by atoms with Crippen molar-refractivity contribution in [3.05, 3.63) is 38.9 Å². The van der Waals surface area contributed by atoms with E-state index in [2.05, 4.69) is 0 Å². The number of hydrogen-bond acceptors (Lipinski definition) is 5. The quantitative estimate of drug-likeness (QED) is 0.625. The minimum atomic E-state index is -0.490. The van der Waals surface area contributed by atoms with E-state index in [1.807, 2.05) is 11.0 Å². The number of morpholine rings is 1. The molecule has 0 N–H and O–H groups in total. The van der Waals surface area contributed by atoms with Gasteiger partial charge in [-0.05, 0) is 6.07 Å². The Hall–Kier alpha value is -1.68. The van der Waals surface area contributed by atoms with Crippen molar-refractivity contribution >= 4 is 17.3 Å². The number of hydrogen-bond donors (Lipinski definition) is 0. The molecule has 1 unspecified atom stereocenters. The van der Waals surface area contributed by atoms with Gasteiger partial charge in [-0.15, -0.1) is 0 Å². The highest BCUT2D eigenvalue weighted by atomic mass is 35.5. The SMILES string of the molecule is N#CC1CN(Cc2c(Cl)cccc2[N+](=O)[O-])CCO1. The zero-order chi connectivity index (χ0) is 13.8. The number of benzene rings is 1. The van der Waals surface area contributed by atoms with Gasteiger partial charge in [0.15, 0.2) is 6.10 Å². The number of nitriles is 1. The number of nitro benzene ring substituents is 1. The van der Waals surface area contributed by atoms with Crippen LogP contribution in [0, 0.1) is 21.4 Å². The van der Waals surface area contributed by atoms with E-state index in [-0.39, 0.29) is 5.69 Å². The zero-order valence-electron chi connectivity index (χ0n) is 10.1. The van der Waals surface area contributed by atoms with Gasteiger partial charge in [-0.2, -0.15) is 5.26 Å². The van der Waals surface area contributed by atoms with E-state index in [4.69, 9.17) is 21.6 Å². The molecule has 1 aliphatic heterocycles. The molecule has 1 aliphatic rings. The molecular formula is C12H12ClN3O3. The molecule has 1 heterocycles. The van der Waals surface area contributed by atoms with E-state index >= 15 is 0 Å². The molecule has 0 bridgehead atoms. The summed E-state index contributed by atoms with van der Waals surface area (Å²) in [6, 6.07) is 6.66. The predicted molar refractivity (Wildman–Crippen MR) is 68.7 cm³/mol. The molecular weight excluding hydrogens is 270 g/mol. The first-order valence-electron chi connectivity index (χ1n) is 5.77. The Balaban J connectivity index is 2.19. The highest BCUT2D eigenvalue weighted by molar-refractivity contribution is 6.31. The van der Waals surface area contributed by atoms with Gasteiger partial charge >= 0.3 is 0 Å². The molecule has 1 aromatic rings. The summed E-state index contributed by atoms with van der Waals surface area (Å²) in [6.07, 6.45) is -0.490. The second-order valence-electron chi connectivity index (χ2n) is 4.22. The van der Waals surface area contributed by atoms with E-state index in [0.717, 1.165) is 0 Å². The Kier molecular flexibility index (Phi) is 4.32. The normalized spacial score (nSPS) is 19.9. The molecule has 19 heavy (non-hydrogen) atoms. The van der Waals surface area contributed by atoms with Crippen molar-refractivity contribution in [1.82, 2.24) is 4.90 Å². The highest BCUT2D eigenvalue weighted by Gasteiger charge is 2.24. The molecule has 100 valence electrons. The molecule has 1 aromatic carbocycles. The molecule has 2 rings (SSSR count). The van der Waals surface area contributed by atoms with Crippen LogP contribution < -0.4 is 0 Å². The summed E-state index contributed by atoms with van der Waals surface area (Å²) in [5.74, 6) is 0. The molecule has 1 atom stereocenters. The van der Waals surface area contributed by atoms with Crippen LogP contribution in [0.1, 0.15) is 5.56 Å². The maximum absolute atomic E-state index is 11.0. The summed E-state index contributed by atoms with van der Waals surface area (Å²) >= 11 is 6.04. The van der Waals surface area contributed by atoms with Gasteiger partial charge in [-0.3, -0.25) is 15.0 Å². The Morgan fingerprint density at radius 1 is 1.63 bits per heavy atom. The van der Waals surface area contributed by atoms with Crippen LogP contribution in [0.5, 0.6) is 0 Å². The van der Waals surface area contributed by atoms with Gasteiger partial charge in [0.1, 0.15) is 0 Å². The van der Waals surface area contributed by atoms with Crippen molar-refractivity contribution in [1.29, 1.82) is 5.26 Å². The number of rotatable bonds is 3. The molecule has 6 nitrogen and oxygen atoms in total. The third-order valence-electron chi connectivity index (χ3n) is 2.97. The number of nitro groups is 1. The van der Waals surface area contributed by atoms with Gasteiger partial charge < -0.3 is 4.74 Å². The van der Waals surface area contributed by atoms with Crippen LogP contribution in [0.25, 0.3) is 0 Å². The maximum atomic E-state index is 11.0. The molecule has 0 amide bonds. The minimum absolute atomic E-state index is 0.00694. The third-order valence-corrected chi connectivity index (χ3v) is 3.32. The minimum Gasteiger partial charge on any atom is -0.361 e. The second kappa shape index (κ2) is 5.97. The summed E-state index contributed by atoms with van der Waals surface area (Å²) < 4.78 is 5.23. The van der Waals surface area contributed by atoms with Crippen LogP contribution in [0.2, 0.25) is 5.02 Å². The van der Waals surface area contributed by atoms with Crippen LogP contribution in [-0.4, -0.2) is 35.6 Å². The fraction of sp³-hybridized carbons (Fsp3) is 0.417. The third kappa shape index (κ3) is 3.20. The lowest BCUT2D eigenvalue weighted by atomic mass is 10.1. The smallest absolute Gasteiger partial charge is 0.275 e. The number of nitrogens with zero attached hydrogens (tertiary/aromatic N) is 3. The fourth-order valence-corrected chi connectivity index (χ4v) is 2.25. The van der Waals surface area contributed by atoms with Crippen LogP contribution in [0.4, 0.5) is 5.69 Å². The highest BCUT2D eigenvalue weighted by Crippen LogP contribution is 2.28. The summed E-state index contributed by atoms with van der Waals surface area (Å²) in [7, 11) is 0. The lowest BCUT2D eigenvalue weighted by Crippen LogP contribution is -2.41. The molecule has 0 saturated carbocycles. The van der Waals surface area contributed by atoms with Crippen LogP contribution in [0.15, 0.2) is 18.2 Å². The monoisotopic (exact) mass is 281 g/mol. The summed E-state index contributed by atoms with van der Waals surface area (Å²) in [4.78, 5) is 12.5. The van der Waals surface area contributed by atoms with Gasteiger partial charge in [0.05, 0.1) is 28.2 Å². The Labute approximate surface area is 115 Å². The van der Waals surface area contributed by atoms with Gasteiger partial charge in [0.2, 0.25) is 0 Å². The standard InChI is InChI=1S/C12H12ClN3O3/c13-11-2-1-3-12(16(17)18)10(11)8-15-4-5-19-9(6-14)7-15/h1-3,9H,4-5,7-8H2. The number of ether oxygens (including phenoxy) is 1. The molecule has 0 aromatic heterocycles. The lowest BCUT2D eigenvalue weighted by Gasteiger charge is -2.29. The summed E-state index contributed by atoms with van der Waals surface area (Å²) in [6.45, 7) is 1.84.